The molecule has 15 heteroatoms. The van der Waals surface area contributed by atoms with Crippen molar-refractivity contribution in [2.45, 2.75) is 42.7 Å². The summed E-state index contributed by atoms with van der Waals surface area (Å²) in [5.41, 5.74) is 6.50. The van der Waals surface area contributed by atoms with Crippen molar-refractivity contribution >= 4 is 120 Å². The quantitative estimate of drug-likeness (QED) is 0.0663. The number of esters is 1. The van der Waals surface area contributed by atoms with E-state index in [2.05, 4.69) is 77.6 Å². The number of anilines is 4. The maximum atomic E-state index is 11.7. The zero-order valence-corrected chi connectivity index (χ0v) is 37.3. The first-order valence-corrected chi connectivity index (χ1v) is 22.5. The number of pyridine rings is 2. The van der Waals surface area contributed by atoms with Crippen LogP contribution in [0.25, 0.3) is 21.8 Å². The van der Waals surface area contributed by atoms with Gasteiger partial charge in [0.1, 0.15) is 0 Å². The second kappa shape index (κ2) is 20.6. The molecule has 0 aliphatic carbocycles. The molecule has 60 heavy (non-hydrogen) atoms. The van der Waals surface area contributed by atoms with E-state index in [1.165, 1.54) is 23.4 Å². The molecule has 10 nitrogen and oxygen atoms in total. The highest BCUT2D eigenvalue weighted by Gasteiger charge is 2.23. The lowest BCUT2D eigenvalue weighted by Crippen LogP contribution is -2.46. The Morgan fingerprint density at radius 3 is 1.65 bits per heavy atom. The maximum Gasteiger partial charge on any atom is 0.337 e. The van der Waals surface area contributed by atoms with E-state index in [9.17, 15) is 4.79 Å². The molecular formula is C45H46Cl2N8O2S3. The Bertz CT molecular complexity index is 2480. The number of methoxy groups -OCH3 is 1. The minimum Gasteiger partial charge on any atom is -0.465 e. The van der Waals surface area contributed by atoms with E-state index in [0.717, 1.165) is 85.0 Å². The molecule has 4 N–H and O–H groups in total. The summed E-state index contributed by atoms with van der Waals surface area (Å²) in [6, 6.07) is 31.9. The van der Waals surface area contributed by atoms with Crippen LogP contribution in [0.2, 0.25) is 10.0 Å². The molecule has 0 unspecified atom stereocenters. The summed E-state index contributed by atoms with van der Waals surface area (Å²) in [5, 5.41) is 18.2. The number of fused-ring (bicyclic) bond motifs is 2. The first-order chi connectivity index (χ1) is 29.1. The van der Waals surface area contributed by atoms with Crippen LogP contribution in [0, 0.1) is 0 Å². The van der Waals surface area contributed by atoms with Crippen LogP contribution in [-0.4, -0.2) is 77.8 Å². The molecule has 2 aliphatic heterocycles. The number of carbonyl (C=O) groups is 1. The van der Waals surface area contributed by atoms with Crippen LogP contribution in [0.1, 0.15) is 36.0 Å². The predicted molar refractivity (Wildman–Crippen MR) is 259 cm³/mol. The number of rotatable bonds is 8. The zero-order chi connectivity index (χ0) is 42.0. The van der Waals surface area contributed by atoms with Crippen molar-refractivity contribution < 1.29 is 9.53 Å². The lowest BCUT2D eigenvalue weighted by atomic mass is 10.0. The van der Waals surface area contributed by atoms with Gasteiger partial charge >= 0.3 is 5.97 Å². The van der Waals surface area contributed by atoms with E-state index < -0.39 is 0 Å². The molecule has 4 heterocycles. The SMILES string of the molecule is COC(=O)c1cccc(NC(=S)NC2CCN(c3ccnc4cc(Cl)ccc34)CC2)c1.CSc1cccc(NC(=S)NC2CCN(c3ccnc4cc(Cl)ccc34)CC2)c1. The van der Waals surface area contributed by atoms with Crippen LogP contribution in [-0.2, 0) is 4.74 Å². The van der Waals surface area contributed by atoms with Crippen LogP contribution in [0.3, 0.4) is 0 Å². The van der Waals surface area contributed by atoms with Crippen LogP contribution >= 0.6 is 59.4 Å². The Hall–Kier alpha value is -4.92. The van der Waals surface area contributed by atoms with Gasteiger partial charge < -0.3 is 35.8 Å². The number of benzene rings is 4. The maximum absolute atomic E-state index is 11.7. The number of thioether (sulfide) groups is 1. The minimum absolute atomic E-state index is 0.280. The van der Waals surface area contributed by atoms with Gasteiger partial charge in [0.15, 0.2) is 10.2 Å². The first kappa shape index (κ1) is 43.2. The molecule has 310 valence electrons. The van der Waals surface area contributed by atoms with Crippen molar-refractivity contribution in [1.29, 1.82) is 0 Å². The molecule has 0 radical (unpaired) electrons. The molecule has 4 aromatic carbocycles. The number of ether oxygens (including phenoxy) is 1. The smallest absolute Gasteiger partial charge is 0.337 e. The number of piperidine rings is 2. The highest BCUT2D eigenvalue weighted by molar-refractivity contribution is 7.98. The lowest BCUT2D eigenvalue weighted by Gasteiger charge is -2.35. The summed E-state index contributed by atoms with van der Waals surface area (Å²) in [5.74, 6) is -0.374. The topological polar surface area (TPSA) is 107 Å². The van der Waals surface area contributed by atoms with Crippen molar-refractivity contribution in [3.63, 3.8) is 0 Å². The Balaban J connectivity index is 0.000000182. The lowest BCUT2D eigenvalue weighted by molar-refractivity contribution is 0.0600. The molecule has 2 fully saturated rings. The molecule has 0 bridgehead atoms. The van der Waals surface area contributed by atoms with Crippen molar-refractivity contribution in [2.24, 2.45) is 0 Å². The van der Waals surface area contributed by atoms with Crippen LogP contribution in [0.15, 0.2) is 114 Å². The Morgan fingerprint density at radius 2 is 1.17 bits per heavy atom. The molecule has 0 spiro atoms. The Labute approximate surface area is 375 Å². The third-order valence-corrected chi connectivity index (χ3v) is 12.2. The van der Waals surface area contributed by atoms with E-state index in [-0.39, 0.29) is 12.0 Å². The van der Waals surface area contributed by atoms with Gasteiger partial charge in [0, 0.05) is 99.1 Å². The average molecular weight is 898 g/mol. The summed E-state index contributed by atoms with van der Waals surface area (Å²) in [7, 11) is 1.37. The molecule has 2 aromatic heterocycles. The number of nitrogens with zero attached hydrogens (tertiary/aromatic N) is 4. The van der Waals surface area contributed by atoms with E-state index in [1.54, 1.807) is 30.0 Å². The highest BCUT2D eigenvalue weighted by atomic mass is 35.5. The van der Waals surface area contributed by atoms with Crippen molar-refractivity contribution in [1.82, 2.24) is 20.6 Å². The zero-order valence-electron chi connectivity index (χ0n) is 33.3. The highest BCUT2D eigenvalue weighted by Crippen LogP contribution is 2.31. The van der Waals surface area contributed by atoms with Crippen molar-refractivity contribution in [3.8, 4) is 0 Å². The van der Waals surface area contributed by atoms with Gasteiger partial charge in [-0.25, -0.2) is 4.79 Å². The van der Waals surface area contributed by atoms with Crippen LogP contribution in [0.5, 0.6) is 0 Å². The van der Waals surface area contributed by atoms with Gasteiger partial charge in [0.2, 0.25) is 0 Å². The number of halogens is 2. The van der Waals surface area contributed by atoms with E-state index in [4.69, 9.17) is 52.4 Å². The van der Waals surface area contributed by atoms with Gasteiger partial charge in [-0.2, -0.15) is 0 Å². The Kier molecular flexibility index (Phi) is 14.8. The van der Waals surface area contributed by atoms with Gasteiger partial charge in [0.05, 0.1) is 23.7 Å². The van der Waals surface area contributed by atoms with Gasteiger partial charge in [-0.05, 0) is 141 Å². The third kappa shape index (κ3) is 11.3. The summed E-state index contributed by atoms with van der Waals surface area (Å²) in [6.07, 6.45) is 9.75. The van der Waals surface area contributed by atoms with Crippen LogP contribution < -0.4 is 31.1 Å². The number of hydrogen-bond acceptors (Lipinski definition) is 9. The molecule has 2 aliphatic rings. The summed E-state index contributed by atoms with van der Waals surface area (Å²) >= 11 is 25.0. The fraction of sp³-hybridized carbons (Fsp3) is 0.267. The summed E-state index contributed by atoms with van der Waals surface area (Å²) in [6.45, 7) is 3.79. The largest absolute Gasteiger partial charge is 0.465 e. The van der Waals surface area contributed by atoms with Gasteiger partial charge in [-0.15, -0.1) is 11.8 Å². The Morgan fingerprint density at radius 1 is 0.683 bits per heavy atom. The van der Waals surface area contributed by atoms with Gasteiger partial charge in [-0.3, -0.25) is 9.97 Å². The fourth-order valence-electron chi connectivity index (χ4n) is 7.54. The molecule has 2 saturated heterocycles. The number of thiocarbonyl (C=S) groups is 2. The van der Waals surface area contributed by atoms with Crippen molar-refractivity contribution in [3.05, 3.63) is 125 Å². The second-order valence-electron chi connectivity index (χ2n) is 14.5. The molecule has 8 rings (SSSR count). The van der Waals surface area contributed by atoms with E-state index in [0.29, 0.717) is 31.9 Å². The number of hydrogen-bond donors (Lipinski definition) is 4. The number of carbonyl (C=O) groups excluding carboxylic acids is 1. The fourth-order valence-corrected chi connectivity index (χ4v) is 8.90. The molecule has 0 amide bonds. The van der Waals surface area contributed by atoms with Crippen molar-refractivity contribution in [2.75, 3.05) is 60.0 Å². The standard InChI is InChI=1S/C23H23ClN4O2S.C22H23ClN4S2/c1-30-22(29)15-3-2-4-18(13-15)27-23(31)26-17-8-11-28(12-9-17)21-7-10-25-20-14-16(24)5-6-19(20)21;1-29-18-4-2-3-17(14-18)26-22(28)25-16-8-11-27(12-9-16)21-7-10-24-20-13-15(23)5-6-19(20)21/h2-7,10,13-14,17H,8-9,11-12H2,1H3,(H2,26,27,31);2-7,10,13-14,16H,8-9,11-12H2,1H3,(H2,25,26,28). The third-order valence-electron chi connectivity index (χ3n) is 10.6. The first-order valence-electron chi connectivity index (χ1n) is 19.7. The molecule has 0 saturated carbocycles. The molecule has 0 atom stereocenters. The van der Waals surface area contributed by atoms with Gasteiger partial charge in [0.25, 0.3) is 0 Å². The number of nitrogens with one attached hydrogen (secondary N) is 4. The molecule has 6 aromatic rings. The monoisotopic (exact) mass is 896 g/mol. The average Bonchev–Trinajstić information content (AvgIpc) is 3.26. The predicted octanol–water partition coefficient (Wildman–Crippen LogP) is 10.2. The van der Waals surface area contributed by atoms with E-state index in [1.807, 2.05) is 60.9 Å². The van der Waals surface area contributed by atoms with Gasteiger partial charge in [-0.1, -0.05) is 35.3 Å². The normalized spacial score (nSPS) is 14.5. The van der Waals surface area contributed by atoms with E-state index >= 15 is 0 Å². The van der Waals surface area contributed by atoms with Crippen LogP contribution in [0.4, 0.5) is 22.7 Å². The minimum atomic E-state index is -0.374. The summed E-state index contributed by atoms with van der Waals surface area (Å²) < 4.78 is 4.77. The summed E-state index contributed by atoms with van der Waals surface area (Å²) in [4.78, 5) is 26.6. The number of aromatic nitrogens is 2. The molecular weight excluding hydrogens is 852 g/mol. The second-order valence-corrected chi connectivity index (χ2v) is 17.1.